The lowest BCUT2D eigenvalue weighted by Gasteiger charge is -2.34. The zero-order valence-corrected chi connectivity index (χ0v) is 20.0. The molecule has 2 aliphatic heterocycles. The first-order valence-electron chi connectivity index (χ1n) is 11.1. The van der Waals surface area contributed by atoms with Crippen LogP contribution in [-0.4, -0.2) is 64.0 Å². The Morgan fingerprint density at radius 2 is 1.69 bits per heavy atom. The van der Waals surface area contributed by atoms with Gasteiger partial charge in [0.2, 0.25) is 0 Å². The molecule has 0 atom stereocenters. The summed E-state index contributed by atoms with van der Waals surface area (Å²) in [6, 6.07) is 16.6. The van der Waals surface area contributed by atoms with Gasteiger partial charge in [-0.15, -0.1) is 0 Å². The molecule has 2 heterocycles. The van der Waals surface area contributed by atoms with Crippen LogP contribution in [0, 0.1) is 0 Å². The van der Waals surface area contributed by atoms with E-state index in [0.29, 0.717) is 6.67 Å². The second kappa shape index (κ2) is 9.80. The van der Waals surface area contributed by atoms with Crippen LogP contribution in [0.15, 0.2) is 65.4 Å². The highest BCUT2D eigenvalue weighted by Crippen LogP contribution is 2.34. The van der Waals surface area contributed by atoms with Crippen molar-refractivity contribution >= 4 is 29.7 Å². The van der Waals surface area contributed by atoms with Gasteiger partial charge < -0.3 is 30.3 Å². The first-order chi connectivity index (χ1) is 15.4. The van der Waals surface area contributed by atoms with Gasteiger partial charge in [0.15, 0.2) is 0 Å². The van der Waals surface area contributed by atoms with Crippen molar-refractivity contribution < 1.29 is 4.57 Å². The van der Waals surface area contributed by atoms with Crippen LogP contribution in [-0.2, 0) is 11.1 Å². The number of hydrogen-bond donors (Lipinski definition) is 3. The maximum Gasteiger partial charge on any atom is 0.126 e. The van der Waals surface area contributed by atoms with Crippen LogP contribution in [0.5, 0.6) is 0 Å². The van der Waals surface area contributed by atoms with E-state index in [2.05, 4.69) is 62.1 Å². The number of benzene rings is 2. The van der Waals surface area contributed by atoms with Crippen molar-refractivity contribution in [1.82, 2.24) is 15.5 Å². The Morgan fingerprint density at radius 1 is 1.00 bits per heavy atom. The Labute approximate surface area is 191 Å². The molecule has 0 unspecified atom stereocenters. The molecule has 32 heavy (non-hydrogen) atoms. The molecule has 7 nitrogen and oxygen atoms in total. The van der Waals surface area contributed by atoms with Crippen molar-refractivity contribution in [2.45, 2.75) is 6.54 Å². The quantitative estimate of drug-likeness (QED) is 0.586. The van der Waals surface area contributed by atoms with E-state index in [0.717, 1.165) is 55.4 Å². The van der Waals surface area contributed by atoms with Crippen molar-refractivity contribution in [3.8, 4) is 0 Å². The van der Waals surface area contributed by atoms with Crippen LogP contribution in [0.4, 0.5) is 11.4 Å². The first-order valence-corrected chi connectivity index (χ1v) is 13.7. The fourth-order valence-corrected chi connectivity index (χ4v) is 4.64. The molecule has 3 N–H and O–H groups in total. The number of piperazine rings is 1. The van der Waals surface area contributed by atoms with Crippen LogP contribution in [0.1, 0.15) is 5.56 Å². The van der Waals surface area contributed by atoms with E-state index in [-0.39, 0.29) is 0 Å². The predicted molar refractivity (Wildman–Crippen MR) is 136 cm³/mol. The molecule has 170 valence electrons. The smallest absolute Gasteiger partial charge is 0.126 e. The van der Waals surface area contributed by atoms with Crippen LogP contribution in [0.3, 0.4) is 0 Å². The molecule has 0 radical (unpaired) electrons. The van der Waals surface area contributed by atoms with E-state index < -0.39 is 7.14 Å². The topological polar surface area (TPSA) is 72.0 Å². The van der Waals surface area contributed by atoms with E-state index in [9.17, 15) is 4.57 Å². The Morgan fingerprint density at radius 3 is 2.34 bits per heavy atom. The lowest BCUT2D eigenvalue weighted by Crippen LogP contribution is -2.44. The van der Waals surface area contributed by atoms with Gasteiger partial charge in [-0.3, -0.25) is 0 Å². The van der Waals surface area contributed by atoms with Crippen molar-refractivity contribution in [2.24, 2.45) is 4.99 Å². The first kappa shape index (κ1) is 22.4. The number of nitrogens with one attached hydrogen (secondary N) is 3. The van der Waals surface area contributed by atoms with Crippen molar-refractivity contribution in [3.05, 3.63) is 66.0 Å². The molecule has 4 rings (SSSR count). The molecule has 1 saturated heterocycles. The van der Waals surface area contributed by atoms with E-state index in [1.807, 2.05) is 30.3 Å². The fourth-order valence-electron chi connectivity index (χ4n) is 3.77. The lowest BCUT2D eigenvalue weighted by molar-refractivity contribution is 0.313. The monoisotopic (exact) mass is 452 g/mol. The molecular weight excluding hydrogens is 419 g/mol. The minimum atomic E-state index is -2.23. The average molecular weight is 453 g/mol. The van der Waals surface area contributed by atoms with Gasteiger partial charge in [-0.05, 0) is 62.3 Å². The van der Waals surface area contributed by atoms with Crippen LogP contribution in [0.25, 0.3) is 0 Å². The summed E-state index contributed by atoms with van der Waals surface area (Å²) in [7, 11) is -0.0566. The fraction of sp³-hybridized carbons (Fsp3) is 0.375. The van der Waals surface area contributed by atoms with Crippen molar-refractivity contribution in [3.63, 3.8) is 0 Å². The summed E-state index contributed by atoms with van der Waals surface area (Å²) >= 11 is 0. The normalized spacial score (nSPS) is 17.3. The molecule has 0 amide bonds. The van der Waals surface area contributed by atoms with E-state index >= 15 is 0 Å². The lowest BCUT2D eigenvalue weighted by atomic mass is 10.1. The number of aliphatic imine (C=N–C) groups is 1. The Balaban J connectivity index is 1.31. The number of likely N-dealkylation sites (N-methyl/N-ethyl adjacent to an activating group) is 1. The highest BCUT2D eigenvalue weighted by atomic mass is 31.2. The summed E-state index contributed by atoms with van der Waals surface area (Å²) in [5, 5.41) is 10.9. The van der Waals surface area contributed by atoms with Gasteiger partial charge in [-0.2, -0.15) is 0 Å². The molecular formula is C24H33N6OP. The molecule has 8 heteroatoms. The van der Waals surface area contributed by atoms with Gasteiger partial charge in [0.05, 0.1) is 0 Å². The Bertz CT molecular complexity index is 1020. The third-order valence-corrected chi connectivity index (χ3v) is 7.39. The third kappa shape index (κ3) is 5.93. The van der Waals surface area contributed by atoms with Crippen LogP contribution >= 0.6 is 7.14 Å². The summed E-state index contributed by atoms with van der Waals surface area (Å²) in [4.78, 5) is 9.32. The second-order valence-corrected chi connectivity index (χ2v) is 12.0. The SMILES string of the molecule is CN1CCN(c2ccc(CNC3=NCNC(Nc4ccc(P(C)(C)=O)cc4)=C3)cc2)CC1. The Kier molecular flexibility index (Phi) is 6.87. The molecule has 0 aliphatic carbocycles. The predicted octanol–water partition coefficient (Wildman–Crippen LogP) is 2.69. The molecule has 2 aromatic carbocycles. The number of amidine groups is 1. The van der Waals surface area contributed by atoms with Crippen LogP contribution in [0.2, 0.25) is 0 Å². The zero-order chi connectivity index (χ0) is 22.6. The minimum Gasteiger partial charge on any atom is -0.369 e. The van der Waals surface area contributed by atoms with Crippen molar-refractivity contribution in [2.75, 3.05) is 63.4 Å². The maximum absolute atomic E-state index is 12.2. The van der Waals surface area contributed by atoms with Gasteiger partial charge in [0.1, 0.15) is 25.5 Å². The zero-order valence-electron chi connectivity index (χ0n) is 19.1. The molecule has 1 fully saturated rings. The highest BCUT2D eigenvalue weighted by Gasteiger charge is 2.14. The summed E-state index contributed by atoms with van der Waals surface area (Å²) in [5.74, 6) is 1.73. The molecule has 0 spiro atoms. The molecule has 0 aromatic heterocycles. The number of hydrogen-bond acceptors (Lipinski definition) is 7. The van der Waals surface area contributed by atoms with Gasteiger partial charge in [0.25, 0.3) is 0 Å². The van der Waals surface area contributed by atoms with Gasteiger partial charge in [0, 0.05) is 55.5 Å². The standard InChI is InChI=1S/C24H33N6OP/c1-29-12-14-30(15-13-29)21-8-4-19(5-9-21)17-25-23-16-24(27-18-26-23)28-20-6-10-22(11-7-20)32(2,3)31/h4-11,16,27-28H,12-15,17-18H2,1-3H3,(H,25,26). The summed E-state index contributed by atoms with van der Waals surface area (Å²) in [5.41, 5.74) is 3.47. The van der Waals surface area contributed by atoms with Gasteiger partial charge in [-0.25, -0.2) is 4.99 Å². The second-order valence-electron chi connectivity index (χ2n) is 8.77. The van der Waals surface area contributed by atoms with E-state index in [4.69, 9.17) is 0 Å². The van der Waals surface area contributed by atoms with Gasteiger partial charge in [-0.1, -0.05) is 12.1 Å². The summed E-state index contributed by atoms with van der Waals surface area (Å²) in [6.45, 7) is 9.20. The number of nitrogens with zero attached hydrogens (tertiary/aromatic N) is 3. The van der Waals surface area contributed by atoms with E-state index in [1.165, 1.54) is 11.3 Å². The largest absolute Gasteiger partial charge is 0.369 e. The highest BCUT2D eigenvalue weighted by molar-refractivity contribution is 7.70. The minimum absolute atomic E-state index is 0.515. The number of rotatable bonds is 6. The van der Waals surface area contributed by atoms with Crippen LogP contribution < -0.4 is 26.2 Å². The summed E-state index contributed by atoms with van der Waals surface area (Å²) in [6.07, 6.45) is 1.97. The molecule has 0 saturated carbocycles. The van der Waals surface area contributed by atoms with E-state index in [1.54, 1.807) is 13.3 Å². The maximum atomic E-state index is 12.2. The molecule has 2 aromatic rings. The average Bonchev–Trinajstić information content (AvgIpc) is 2.79. The Hall–Kier alpha value is -2.76. The third-order valence-electron chi connectivity index (χ3n) is 5.85. The number of anilines is 2. The van der Waals surface area contributed by atoms with Crippen molar-refractivity contribution in [1.29, 1.82) is 0 Å². The summed E-state index contributed by atoms with van der Waals surface area (Å²) < 4.78 is 12.2. The van der Waals surface area contributed by atoms with Gasteiger partial charge >= 0.3 is 0 Å². The molecule has 2 aliphatic rings. The molecule has 0 bridgehead atoms.